The van der Waals surface area contributed by atoms with Crippen LogP contribution in [0, 0.1) is 0 Å². The van der Waals surface area contributed by atoms with Crippen LogP contribution in [0.15, 0.2) is 24.3 Å². The van der Waals surface area contributed by atoms with Gasteiger partial charge in [-0.25, -0.2) is 0 Å². The van der Waals surface area contributed by atoms with Gasteiger partial charge in [-0.15, -0.1) is 0 Å². The van der Waals surface area contributed by atoms with E-state index in [1.807, 2.05) is 0 Å². The Morgan fingerprint density at radius 2 is 1.01 bits per heavy atom. The molecule has 17 N–H and O–H groups in total. The maximum Gasteiger partial charge on any atom is 0.245 e. The van der Waals surface area contributed by atoms with E-state index < -0.39 is 158 Å². The van der Waals surface area contributed by atoms with Crippen molar-refractivity contribution in [2.75, 3.05) is 13.2 Å². The number of hydrogen-bond acceptors (Lipinski definition) is 14. The molecule has 0 aromatic heterocycles. The molecule has 0 bridgehead atoms. The lowest BCUT2D eigenvalue weighted by atomic mass is 10.0. The molecule has 2 fully saturated rings. The number of aromatic hydroxyl groups is 1. The average Bonchev–Trinajstić information content (AvgIpc) is 3.80. The number of hydrogen-bond donors (Lipinski definition) is 13. The number of rotatable bonds is 19. The van der Waals surface area contributed by atoms with Gasteiger partial charge in [0.05, 0.1) is 25.9 Å². The van der Waals surface area contributed by atoms with Crippen LogP contribution in [0.1, 0.15) is 109 Å². The van der Waals surface area contributed by atoms with Crippen molar-refractivity contribution in [3.63, 3.8) is 0 Å². The standard InChI is InChI=1S/C45H68N12O14/c1-2-3-4-5-6-7-9-25-19-38(64)57-17-8-10-33(57)45(71)55-31(22-37(49)63)43(69)56-32(23-58)44(70)51-27(15-16-34(46)60)39(65)53-30(21-36(48)62)42(68)52-28(18-24-11-13-26(59)14-12-24)41(67)54-29(20-35(47)61)40(66)50-25/h11-14,25,27-33,58-59H,2-10,15-23H2,1H3,(H2,46,60)(H2,47,61)(H2,48,62)(H2,49,63)(H,50,66)(H,51,70)(H,52,68)(H,53,65)(H,54,67)(H,55,71)(H,56,69)/t25-,27+,28-,29?,30+,31?,32+,33-/m1/s1. The van der Waals surface area contributed by atoms with E-state index in [4.69, 9.17) is 22.9 Å². The van der Waals surface area contributed by atoms with Crippen molar-refractivity contribution in [2.24, 2.45) is 22.9 Å². The van der Waals surface area contributed by atoms with Gasteiger partial charge in [0.2, 0.25) is 70.9 Å². The van der Waals surface area contributed by atoms with Crippen LogP contribution >= 0.6 is 0 Å². The first-order valence-corrected chi connectivity index (χ1v) is 23.6. The van der Waals surface area contributed by atoms with Crippen molar-refractivity contribution >= 4 is 70.9 Å². The molecule has 2 aliphatic rings. The summed E-state index contributed by atoms with van der Waals surface area (Å²) in [6.07, 6.45) is 1.43. The molecule has 1 aromatic carbocycles. The zero-order valence-electron chi connectivity index (χ0n) is 39.7. The summed E-state index contributed by atoms with van der Waals surface area (Å²) >= 11 is 0. The highest BCUT2D eigenvalue weighted by atomic mass is 16.3. The van der Waals surface area contributed by atoms with E-state index in [2.05, 4.69) is 44.1 Å². The first-order valence-electron chi connectivity index (χ1n) is 23.6. The number of phenols is 1. The number of phenolic OH excluding ortho intramolecular Hbond substituents is 1. The van der Waals surface area contributed by atoms with Crippen LogP contribution in [0.5, 0.6) is 5.75 Å². The van der Waals surface area contributed by atoms with Crippen molar-refractivity contribution in [3.8, 4) is 5.75 Å². The van der Waals surface area contributed by atoms with Gasteiger partial charge in [0.25, 0.3) is 0 Å². The lowest BCUT2D eigenvalue weighted by molar-refractivity contribution is -0.141. The number of nitrogens with two attached hydrogens (primary N) is 4. The van der Waals surface area contributed by atoms with Crippen LogP contribution in [0.4, 0.5) is 0 Å². The number of aliphatic hydroxyl groups excluding tert-OH is 1. The third-order valence-electron chi connectivity index (χ3n) is 11.8. The van der Waals surface area contributed by atoms with Crippen LogP contribution in [0.3, 0.4) is 0 Å². The highest BCUT2D eigenvalue weighted by Gasteiger charge is 2.39. The molecule has 0 aliphatic carbocycles. The molecule has 1 aromatic rings. The summed E-state index contributed by atoms with van der Waals surface area (Å²) in [5, 5.41) is 36.8. The first-order chi connectivity index (χ1) is 33.6. The summed E-state index contributed by atoms with van der Waals surface area (Å²) in [4.78, 5) is 161. The van der Waals surface area contributed by atoms with E-state index in [1.54, 1.807) is 0 Å². The van der Waals surface area contributed by atoms with E-state index in [0.29, 0.717) is 18.4 Å². The lowest BCUT2D eigenvalue weighted by Gasteiger charge is -2.29. The fourth-order valence-corrected chi connectivity index (χ4v) is 8.05. The third kappa shape index (κ3) is 19.9. The fourth-order valence-electron chi connectivity index (χ4n) is 8.05. The van der Waals surface area contributed by atoms with Crippen LogP contribution in [-0.4, -0.2) is 147 Å². The zero-order chi connectivity index (χ0) is 52.8. The Morgan fingerprint density at radius 1 is 0.563 bits per heavy atom. The normalized spacial score (nSPS) is 24.6. The number of primary amides is 4. The molecular formula is C45H68N12O14. The van der Waals surface area contributed by atoms with Crippen molar-refractivity contribution in [1.29, 1.82) is 0 Å². The zero-order valence-corrected chi connectivity index (χ0v) is 39.7. The predicted octanol–water partition coefficient (Wildman–Crippen LogP) is -4.64. The molecule has 3 rings (SSSR count). The third-order valence-corrected chi connectivity index (χ3v) is 11.8. The largest absolute Gasteiger partial charge is 0.508 e. The molecule has 2 saturated heterocycles. The molecule has 26 nitrogen and oxygen atoms in total. The Kier molecular flexibility index (Phi) is 23.6. The van der Waals surface area contributed by atoms with Crippen LogP contribution in [-0.2, 0) is 64.0 Å². The van der Waals surface area contributed by atoms with Gasteiger partial charge in [0.1, 0.15) is 48.0 Å². The van der Waals surface area contributed by atoms with Gasteiger partial charge in [0, 0.05) is 31.8 Å². The lowest BCUT2D eigenvalue weighted by Crippen LogP contribution is -2.61. The summed E-state index contributed by atoms with van der Waals surface area (Å²) in [5.74, 6) is -12.7. The molecule has 26 heteroatoms. The number of unbranched alkanes of at least 4 members (excludes halogenated alkanes) is 5. The fraction of sp³-hybridized carbons (Fsp3) is 0.600. The quantitative estimate of drug-likeness (QED) is 0.0580. The van der Waals surface area contributed by atoms with E-state index >= 15 is 0 Å². The van der Waals surface area contributed by atoms with Gasteiger partial charge >= 0.3 is 0 Å². The minimum Gasteiger partial charge on any atom is -0.508 e. The van der Waals surface area contributed by atoms with E-state index in [0.717, 1.165) is 32.1 Å². The Labute approximate surface area is 409 Å². The SMILES string of the molecule is CCCCCCCC[C@@H]1CC(=O)N2CCC[C@@H]2C(=O)NC(CC(N)=O)C(=O)N[C@@H](CO)C(=O)N[C@@H](CCC(N)=O)C(=O)N[C@@H](CC(N)=O)C(=O)N[C@H](Cc2ccc(O)cc2)C(=O)NC(CC(N)=O)C(=O)N1. The van der Waals surface area contributed by atoms with Crippen molar-refractivity contribution < 1.29 is 67.7 Å². The van der Waals surface area contributed by atoms with Crippen molar-refractivity contribution in [1.82, 2.24) is 42.1 Å². The second-order valence-corrected chi connectivity index (χ2v) is 17.6. The minimum absolute atomic E-state index is 0.0767. The highest BCUT2D eigenvalue weighted by molar-refractivity contribution is 6.00. The maximum absolute atomic E-state index is 14.2. The number of nitrogens with one attached hydrogen (secondary N) is 7. The average molecular weight is 1000 g/mol. The molecule has 8 atom stereocenters. The van der Waals surface area contributed by atoms with Crippen molar-refractivity contribution in [3.05, 3.63) is 29.8 Å². The molecule has 0 spiro atoms. The van der Waals surface area contributed by atoms with Crippen LogP contribution < -0.4 is 60.2 Å². The van der Waals surface area contributed by atoms with Crippen LogP contribution in [0.2, 0.25) is 0 Å². The Balaban J connectivity index is 2.17. The Bertz CT molecular complexity index is 2110. The van der Waals surface area contributed by atoms with Gasteiger partial charge in [-0.2, -0.15) is 0 Å². The Hall–Kier alpha value is -7.38. The second-order valence-electron chi connectivity index (χ2n) is 17.6. The molecule has 12 amide bonds. The molecule has 392 valence electrons. The summed E-state index contributed by atoms with van der Waals surface area (Å²) in [7, 11) is 0. The van der Waals surface area contributed by atoms with E-state index in [-0.39, 0.29) is 38.0 Å². The number of carbonyl (C=O) groups excluding carboxylic acids is 12. The smallest absolute Gasteiger partial charge is 0.245 e. The molecular weight excluding hydrogens is 933 g/mol. The summed E-state index contributed by atoms with van der Waals surface area (Å²) in [5.41, 5.74) is 22.0. The molecule has 2 unspecified atom stereocenters. The van der Waals surface area contributed by atoms with Gasteiger partial charge in [-0.1, -0.05) is 57.6 Å². The molecule has 0 radical (unpaired) electrons. The van der Waals surface area contributed by atoms with Gasteiger partial charge < -0.3 is 75.3 Å². The minimum atomic E-state index is -1.90. The number of fused-ring (bicyclic) bond motifs is 1. The highest BCUT2D eigenvalue weighted by Crippen LogP contribution is 2.21. The summed E-state index contributed by atoms with van der Waals surface area (Å²) in [6, 6.07) is -7.43. The molecule has 2 aliphatic heterocycles. The number of benzene rings is 1. The van der Waals surface area contributed by atoms with E-state index in [9.17, 15) is 67.7 Å². The Morgan fingerprint density at radius 3 is 1.55 bits per heavy atom. The van der Waals surface area contributed by atoms with Gasteiger partial charge in [-0.3, -0.25) is 57.5 Å². The molecule has 2 heterocycles. The number of carbonyl (C=O) groups is 12. The summed E-state index contributed by atoms with van der Waals surface area (Å²) in [6.45, 7) is 1.01. The number of nitrogens with zero attached hydrogens (tertiary/aromatic N) is 1. The van der Waals surface area contributed by atoms with E-state index in [1.165, 1.54) is 29.2 Å². The first kappa shape index (κ1) is 57.9. The monoisotopic (exact) mass is 1000 g/mol. The predicted molar refractivity (Wildman–Crippen MR) is 250 cm³/mol. The summed E-state index contributed by atoms with van der Waals surface area (Å²) < 4.78 is 0. The van der Waals surface area contributed by atoms with Crippen molar-refractivity contribution in [2.45, 2.75) is 158 Å². The van der Waals surface area contributed by atoms with Gasteiger partial charge in [0.15, 0.2) is 0 Å². The number of amides is 12. The van der Waals surface area contributed by atoms with Crippen LogP contribution in [0.25, 0.3) is 0 Å². The topological polar surface area (TPSA) is 437 Å². The number of aliphatic hydroxyl groups is 1. The van der Waals surface area contributed by atoms with Gasteiger partial charge in [-0.05, 0) is 43.4 Å². The molecule has 0 saturated carbocycles. The molecule has 71 heavy (non-hydrogen) atoms. The maximum atomic E-state index is 14.2. The second kappa shape index (κ2) is 29.0.